The number of hydrogen-bond acceptors (Lipinski definition) is 4. The van der Waals surface area contributed by atoms with Crippen LogP contribution in [0.5, 0.6) is 11.5 Å². The van der Waals surface area contributed by atoms with Gasteiger partial charge in [0, 0.05) is 36.6 Å². The van der Waals surface area contributed by atoms with Gasteiger partial charge < -0.3 is 19.4 Å². The molecule has 0 saturated carbocycles. The fraction of sp³-hybridized carbons (Fsp3) is 0.438. The van der Waals surface area contributed by atoms with Gasteiger partial charge >= 0.3 is 0 Å². The minimum Gasteiger partial charge on any atom is -0.497 e. The molecule has 0 aliphatic carbocycles. The highest BCUT2D eigenvalue weighted by Crippen LogP contribution is 2.29. The van der Waals surface area contributed by atoms with Crippen LogP contribution in [0, 0.1) is 0 Å². The molecular formula is C16H23N3O2. The molecular weight excluding hydrogens is 266 g/mol. The molecule has 0 aliphatic heterocycles. The lowest BCUT2D eigenvalue weighted by molar-refractivity contribution is 0.385. The van der Waals surface area contributed by atoms with Crippen LogP contribution >= 0.6 is 0 Å². The van der Waals surface area contributed by atoms with E-state index in [9.17, 15) is 0 Å². The normalized spacial score (nSPS) is 12.2. The predicted octanol–water partition coefficient (Wildman–Crippen LogP) is 2.77. The summed E-state index contributed by atoms with van der Waals surface area (Å²) in [6.45, 7) is 5.87. The van der Waals surface area contributed by atoms with Crippen molar-refractivity contribution in [2.75, 3.05) is 14.2 Å². The lowest BCUT2D eigenvalue weighted by Crippen LogP contribution is -2.21. The number of benzene rings is 1. The van der Waals surface area contributed by atoms with Crippen LogP contribution in [0.4, 0.5) is 0 Å². The average Bonchev–Trinajstić information content (AvgIpc) is 2.99. The van der Waals surface area contributed by atoms with Crippen LogP contribution in [-0.4, -0.2) is 23.8 Å². The topological polar surface area (TPSA) is 48.3 Å². The van der Waals surface area contributed by atoms with Gasteiger partial charge in [-0.15, -0.1) is 0 Å². The predicted molar refractivity (Wildman–Crippen MR) is 82.7 cm³/mol. The van der Waals surface area contributed by atoms with Gasteiger partial charge in [0.15, 0.2) is 0 Å². The fourth-order valence-corrected chi connectivity index (χ4v) is 2.33. The molecule has 0 amide bonds. The first-order valence-electron chi connectivity index (χ1n) is 7.14. The monoisotopic (exact) mass is 289 g/mol. The first kappa shape index (κ1) is 15.4. The number of methoxy groups -OCH3 is 2. The van der Waals surface area contributed by atoms with E-state index in [1.807, 2.05) is 30.6 Å². The lowest BCUT2D eigenvalue weighted by atomic mass is 10.1. The molecule has 21 heavy (non-hydrogen) atoms. The summed E-state index contributed by atoms with van der Waals surface area (Å²) in [6.07, 6.45) is 3.83. The highest BCUT2D eigenvalue weighted by molar-refractivity contribution is 5.42. The van der Waals surface area contributed by atoms with Crippen molar-refractivity contribution in [1.82, 2.24) is 14.9 Å². The molecule has 0 saturated heterocycles. The van der Waals surface area contributed by atoms with E-state index in [2.05, 4.69) is 28.7 Å². The van der Waals surface area contributed by atoms with E-state index in [1.165, 1.54) is 0 Å². The van der Waals surface area contributed by atoms with E-state index in [4.69, 9.17) is 9.47 Å². The summed E-state index contributed by atoms with van der Waals surface area (Å²) in [5.74, 6) is 2.66. The molecule has 1 heterocycles. The highest BCUT2D eigenvalue weighted by atomic mass is 16.5. The zero-order valence-electron chi connectivity index (χ0n) is 13.1. The highest BCUT2D eigenvalue weighted by Gasteiger charge is 2.13. The van der Waals surface area contributed by atoms with Crippen molar-refractivity contribution >= 4 is 0 Å². The quantitative estimate of drug-likeness (QED) is 0.851. The molecule has 2 aromatic rings. The lowest BCUT2D eigenvalue weighted by Gasteiger charge is -2.18. The molecule has 1 aromatic heterocycles. The van der Waals surface area contributed by atoms with Crippen molar-refractivity contribution in [3.05, 3.63) is 42.0 Å². The van der Waals surface area contributed by atoms with Gasteiger partial charge in [-0.3, -0.25) is 0 Å². The zero-order valence-corrected chi connectivity index (χ0v) is 13.1. The molecule has 0 bridgehead atoms. The molecule has 0 spiro atoms. The van der Waals surface area contributed by atoms with Crippen molar-refractivity contribution < 1.29 is 9.47 Å². The summed E-state index contributed by atoms with van der Waals surface area (Å²) < 4.78 is 12.8. The number of nitrogens with zero attached hydrogens (tertiary/aromatic N) is 2. The van der Waals surface area contributed by atoms with Crippen LogP contribution in [0.2, 0.25) is 0 Å². The Labute approximate surface area is 125 Å². The summed E-state index contributed by atoms with van der Waals surface area (Å²) in [4.78, 5) is 4.37. The minimum atomic E-state index is 0.160. The number of rotatable bonds is 7. The molecule has 114 valence electrons. The van der Waals surface area contributed by atoms with E-state index in [0.717, 1.165) is 36.0 Å². The van der Waals surface area contributed by atoms with Crippen LogP contribution in [0.3, 0.4) is 0 Å². The molecule has 1 N–H and O–H groups in total. The Bertz CT molecular complexity index is 581. The van der Waals surface area contributed by atoms with E-state index in [1.54, 1.807) is 14.2 Å². The van der Waals surface area contributed by atoms with Crippen molar-refractivity contribution in [3.8, 4) is 11.5 Å². The van der Waals surface area contributed by atoms with E-state index in [0.29, 0.717) is 0 Å². The largest absolute Gasteiger partial charge is 0.497 e. The average molecular weight is 289 g/mol. The molecule has 5 nitrogen and oxygen atoms in total. The second kappa shape index (κ2) is 7.13. The summed E-state index contributed by atoms with van der Waals surface area (Å²) in [5.41, 5.74) is 1.10. The van der Waals surface area contributed by atoms with Crippen molar-refractivity contribution in [2.45, 2.75) is 33.0 Å². The zero-order chi connectivity index (χ0) is 15.2. The summed E-state index contributed by atoms with van der Waals surface area (Å²) in [6, 6.07) is 6.04. The Morgan fingerprint density at radius 1 is 1.29 bits per heavy atom. The number of aryl methyl sites for hydroxylation is 1. The van der Waals surface area contributed by atoms with Crippen molar-refractivity contribution in [2.24, 2.45) is 0 Å². The Hall–Kier alpha value is -2.01. The third-order valence-electron chi connectivity index (χ3n) is 3.62. The van der Waals surface area contributed by atoms with Crippen molar-refractivity contribution in [3.63, 3.8) is 0 Å². The van der Waals surface area contributed by atoms with Gasteiger partial charge in [0.25, 0.3) is 0 Å². The third-order valence-corrected chi connectivity index (χ3v) is 3.62. The van der Waals surface area contributed by atoms with Gasteiger partial charge in [0.05, 0.1) is 20.8 Å². The second-order valence-corrected chi connectivity index (χ2v) is 4.84. The smallest absolute Gasteiger partial charge is 0.127 e. The van der Waals surface area contributed by atoms with Gasteiger partial charge in [0.2, 0.25) is 0 Å². The maximum Gasteiger partial charge on any atom is 0.127 e. The van der Waals surface area contributed by atoms with Crippen LogP contribution < -0.4 is 14.8 Å². The Kier molecular flexibility index (Phi) is 5.22. The number of ether oxygens (including phenoxy) is 2. The molecule has 5 heteroatoms. The summed E-state index contributed by atoms with van der Waals surface area (Å²) in [5, 5.41) is 3.48. The van der Waals surface area contributed by atoms with Crippen LogP contribution in [-0.2, 0) is 13.1 Å². The number of nitrogens with one attached hydrogen (secondary N) is 1. The summed E-state index contributed by atoms with van der Waals surface area (Å²) >= 11 is 0. The Morgan fingerprint density at radius 2 is 2.10 bits per heavy atom. The maximum atomic E-state index is 5.45. The SMILES string of the molecule is CCn1ccnc1CNC(C)c1ccc(OC)cc1OC. The Balaban J connectivity index is 2.08. The number of imidazole rings is 1. The van der Waals surface area contributed by atoms with Crippen LogP contribution in [0.15, 0.2) is 30.6 Å². The first-order valence-corrected chi connectivity index (χ1v) is 7.14. The first-order chi connectivity index (χ1) is 10.2. The van der Waals surface area contributed by atoms with Gasteiger partial charge in [-0.25, -0.2) is 4.98 Å². The molecule has 0 fully saturated rings. The van der Waals surface area contributed by atoms with Crippen LogP contribution in [0.1, 0.15) is 31.3 Å². The standard InChI is InChI=1S/C16H23N3O2/c1-5-19-9-8-17-16(19)11-18-12(2)14-7-6-13(20-3)10-15(14)21-4/h6-10,12,18H,5,11H2,1-4H3. The Morgan fingerprint density at radius 3 is 2.76 bits per heavy atom. The maximum absolute atomic E-state index is 5.45. The molecule has 0 radical (unpaired) electrons. The summed E-state index contributed by atoms with van der Waals surface area (Å²) in [7, 11) is 3.33. The number of hydrogen-bond donors (Lipinski definition) is 1. The van der Waals surface area contributed by atoms with Gasteiger partial charge in [0.1, 0.15) is 17.3 Å². The van der Waals surface area contributed by atoms with Gasteiger partial charge in [-0.2, -0.15) is 0 Å². The minimum absolute atomic E-state index is 0.160. The van der Waals surface area contributed by atoms with Crippen molar-refractivity contribution in [1.29, 1.82) is 0 Å². The molecule has 2 rings (SSSR count). The third kappa shape index (κ3) is 3.55. The van der Waals surface area contributed by atoms with E-state index < -0.39 is 0 Å². The number of aromatic nitrogens is 2. The second-order valence-electron chi connectivity index (χ2n) is 4.84. The fourth-order valence-electron chi connectivity index (χ4n) is 2.33. The molecule has 1 aromatic carbocycles. The molecule has 0 aliphatic rings. The van der Waals surface area contributed by atoms with Gasteiger partial charge in [-0.1, -0.05) is 6.07 Å². The van der Waals surface area contributed by atoms with Gasteiger partial charge in [-0.05, 0) is 19.9 Å². The van der Waals surface area contributed by atoms with E-state index >= 15 is 0 Å². The van der Waals surface area contributed by atoms with Crippen LogP contribution in [0.25, 0.3) is 0 Å². The molecule has 1 unspecified atom stereocenters. The molecule has 1 atom stereocenters. The van der Waals surface area contributed by atoms with E-state index in [-0.39, 0.29) is 6.04 Å².